The van der Waals surface area contributed by atoms with Crippen LogP contribution in [0, 0.1) is 10.8 Å². The highest BCUT2D eigenvalue weighted by atomic mass is 27.1. The van der Waals surface area contributed by atoms with Gasteiger partial charge < -0.3 is 3.88 Å². The third-order valence-corrected chi connectivity index (χ3v) is 8.01. The highest BCUT2D eigenvalue weighted by Crippen LogP contribution is 2.42. The molecule has 1 aromatic rings. The highest BCUT2D eigenvalue weighted by Gasteiger charge is 2.24. The van der Waals surface area contributed by atoms with Crippen LogP contribution in [0.4, 0.5) is 11.4 Å². The summed E-state index contributed by atoms with van der Waals surface area (Å²) in [6.45, 7) is 6.94. The number of anilines is 2. The molecule has 0 unspecified atom stereocenters. The van der Waals surface area contributed by atoms with Gasteiger partial charge in [-0.05, 0) is 95.5 Å². The highest BCUT2D eigenvalue weighted by molar-refractivity contribution is 6.23. The van der Waals surface area contributed by atoms with Gasteiger partial charge in [-0.15, -0.1) is 0 Å². The SMILES string of the molecule is CCCCCCc1cc2=c1-c1ccc([N]([Al])c3ccccc3)c-2cc(CCCCCC)c1CC. The summed E-state index contributed by atoms with van der Waals surface area (Å²) in [5, 5.41) is 3.00. The number of benzene rings is 1. The van der Waals surface area contributed by atoms with Gasteiger partial charge in [-0.1, -0.05) is 83.6 Å². The zero-order chi connectivity index (χ0) is 23.9. The molecule has 2 bridgehead atoms. The third kappa shape index (κ3) is 5.30. The maximum Gasteiger partial charge on any atom is 0.318 e. The topological polar surface area (TPSA) is 3.24 Å². The van der Waals surface area contributed by atoms with Gasteiger partial charge in [0, 0.05) is 16.9 Å². The Hall–Kier alpha value is -2.01. The molecule has 0 amide bonds. The molecular formula is C32H40AlN. The predicted molar refractivity (Wildman–Crippen MR) is 149 cm³/mol. The minimum atomic E-state index is 1.10. The Kier molecular flexibility index (Phi) is 8.93. The van der Waals surface area contributed by atoms with Crippen LogP contribution >= 0.6 is 0 Å². The summed E-state index contributed by atoms with van der Waals surface area (Å²) in [4.78, 5) is 0. The lowest BCUT2D eigenvalue weighted by atomic mass is 9.87. The Labute approximate surface area is 215 Å². The second-order valence-electron chi connectivity index (χ2n) is 9.83. The lowest BCUT2D eigenvalue weighted by Gasteiger charge is -2.25. The van der Waals surface area contributed by atoms with E-state index in [9.17, 15) is 0 Å². The molecule has 0 aliphatic heterocycles. The van der Waals surface area contributed by atoms with E-state index in [1.165, 1.54) is 92.1 Å². The van der Waals surface area contributed by atoms with E-state index in [0.29, 0.717) is 0 Å². The van der Waals surface area contributed by atoms with Crippen LogP contribution in [0.15, 0.2) is 54.6 Å². The normalized spacial score (nSPS) is 11.6. The molecule has 0 heterocycles. The van der Waals surface area contributed by atoms with E-state index < -0.39 is 0 Å². The second kappa shape index (κ2) is 12.1. The van der Waals surface area contributed by atoms with Crippen molar-refractivity contribution in [3.63, 3.8) is 0 Å². The average Bonchev–Trinajstić information content (AvgIpc) is 3.02. The first-order valence-corrected chi connectivity index (χ1v) is 14.1. The fourth-order valence-electron chi connectivity index (χ4n) is 5.52. The number of para-hydroxylation sites is 1. The van der Waals surface area contributed by atoms with E-state index in [-0.39, 0.29) is 0 Å². The monoisotopic (exact) mass is 465 g/mol. The van der Waals surface area contributed by atoms with Crippen molar-refractivity contribution < 1.29 is 0 Å². The van der Waals surface area contributed by atoms with Gasteiger partial charge in [0.25, 0.3) is 0 Å². The molecular weight excluding hydrogens is 425 g/mol. The largest absolute Gasteiger partial charge is 0.452 e. The average molecular weight is 466 g/mol. The van der Waals surface area contributed by atoms with Crippen LogP contribution < -0.4 is 3.88 Å². The summed E-state index contributed by atoms with van der Waals surface area (Å²) in [5.74, 6) is 0. The smallest absolute Gasteiger partial charge is 0.318 e. The number of hydrogen-bond acceptors (Lipinski definition) is 1. The Balaban J connectivity index is 1.79. The summed E-state index contributed by atoms with van der Waals surface area (Å²) >= 11 is 2.97. The molecule has 2 radical (unpaired) electrons. The first kappa shape index (κ1) is 25.1. The van der Waals surface area contributed by atoms with E-state index >= 15 is 0 Å². The number of nitrogens with zero attached hydrogens (tertiary/aromatic N) is 1. The standard InChI is InChI=1S/C32H40N.Al/c1-4-7-9-12-16-24-22-29-30-23-25(17-13-10-8-5-2)32(30)28(27(24)6-3)20-21-31(29)33-26-18-14-11-15-19-26;/h11,14-15,18-23H,4-10,12-13,16-17H2,1-3H3;/q-1;+1. The lowest BCUT2D eigenvalue weighted by Crippen LogP contribution is -2.13. The van der Waals surface area contributed by atoms with Gasteiger partial charge in [-0.2, -0.15) is 0 Å². The first-order chi connectivity index (χ1) is 16.7. The molecule has 1 aromatic carbocycles. The minimum Gasteiger partial charge on any atom is -0.452 e. The van der Waals surface area contributed by atoms with Crippen molar-refractivity contribution in [2.45, 2.75) is 91.4 Å². The van der Waals surface area contributed by atoms with E-state index in [2.05, 4.69) is 95.8 Å². The van der Waals surface area contributed by atoms with Crippen molar-refractivity contribution in [2.24, 2.45) is 0 Å². The Morgan fingerprint density at radius 1 is 0.676 bits per heavy atom. The summed E-state index contributed by atoms with van der Waals surface area (Å²) < 4.78 is 2.29. The van der Waals surface area contributed by atoms with Crippen molar-refractivity contribution in [3.8, 4) is 11.1 Å². The van der Waals surface area contributed by atoms with Crippen LogP contribution in [0.3, 0.4) is 0 Å². The van der Waals surface area contributed by atoms with E-state index in [4.69, 9.17) is 0 Å². The van der Waals surface area contributed by atoms with Crippen LogP contribution in [0.5, 0.6) is 0 Å². The van der Waals surface area contributed by atoms with Crippen molar-refractivity contribution in [1.82, 2.24) is 0 Å². The molecule has 2 heteroatoms. The first-order valence-electron chi connectivity index (χ1n) is 13.6. The van der Waals surface area contributed by atoms with Gasteiger partial charge in [0.2, 0.25) is 0 Å². The second-order valence-corrected chi connectivity index (χ2v) is 10.3. The van der Waals surface area contributed by atoms with E-state index in [1.807, 2.05) is 0 Å². The minimum absolute atomic E-state index is 1.10. The Morgan fingerprint density at radius 3 is 2.00 bits per heavy atom. The molecule has 0 spiro atoms. The molecule has 34 heavy (non-hydrogen) atoms. The van der Waals surface area contributed by atoms with Crippen molar-refractivity contribution >= 4 is 27.9 Å². The van der Waals surface area contributed by atoms with Crippen LogP contribution in [0.1, 0.15) is 88.8 Å². The number of unbranched alkanes of at least 4 members (excludes halogenated alkanes) is 6. The number of rotatable bonds is 13. The number of hydrogen-bond donors (Lipinski definition) is 0. The Bertz CT molecular complexity index is 1130. The molecule has 176 valence electrons. The molecule has 0 aromatic heterocycles. The molecule has 0 saturated heterocycles. The summed E-state index contributed by atoms with van der Waals surface area (Å²) in [7, 11) is 0. The maximum atomic E-state index is 2.97. The van der Waals surface area contributed by atoms with E-state index in [1.54, 1.807) is 22.1 Å². The molecule has 3 aliphatic rings. The molecule has 3 aliphatic carbocycles. The van der Waals surface area contributed by atoms with Crippen LogP contribution in [0.2, 0.25) is 0 Å². The van der Waals surface area contributed by atoms with Crippen molar-refractivity contribution in [1.29, 1.82) is 0 Å². The zero-order valence-electron chi connectivity index (χ0n) is 21.5. The Morgan fingerprint density at radius 2 is 1.35 bits per heavy atom. The fraction of sp³-hybridized carbons (Fsp3) is 0.438. The predicted octanol–water partition coefficient (Wildman–Crippen LogP) is 8.98. The molecule has 4 rings (SSSR count). The summed E-state index contributed by atoms with van der Waals surface area (Å²) in [6, 6.07) is 20.5. The fourth-order valence-corrected chi connectivity index (χ4v) is 5.91. The quantitative estimate of drug-likeness (QED) is 0.141. The van der Waals surface area contributed by atoms with Gasteiger partial charge in [-0.3, -0.25) is 0 Å². The van der Waals surface area contributed by atoms with Gasteiger partial charge in [0.15, 0.2) is 0 Å². The van der Waals surface area contributed by atoms with Crippen molar-refractivity contribution in [2.75, 3.05) is 3.88 Å². The van der Waals surface area contributed by atoms with Gasteiger partial charge >= 0.3 is 16.5 Å². The van der Waals surface area contributed by atoms with Gasteiger partial charge in [-0.25, -0.2) is 0 Å². The molecule has 0 N–H and O–H groups in total. The zero-order valence-corrected chi connectivity index (χ0v) is 22.7. The van der Waals surface area contributed by atoms with Gasteiger partial charge in [0.05, 0.1) is 0 Å². The maximum absolute atomic E-state index is 2.97. The number of aryl methyl sites for hydroxylation is 2. The third-order valence-electron chi connectivity index (χ3n) is 7.43. The molecule has 0 fully saturated rings. The van der Waals surface area contributed by atoms with E-state index in [0.717, 1.165) is 6.42 Å². The molecule has 0 saturated carbocycles. The molecule has 1 nitrogen and oxygen atoms in total. The van der Waals surface area contributed by atoms with Crippen molar-refractivity contribution in [3.05, 3.63) is 82.1 Å². The van der Waals surface area contributed by atoms with Crippen LogP contribution in [0.25, 0.3) is 11.1 Å². The lowest BCUT2D eigenvalue weighted by molar-refractivity contribution is 0.663. The molecule has 0 atom stereocenters. The van der Waals surface area contributed by atoms with Crippen LogP contribution in [-0.4, -0.2) is 16.5 Å². The summed E-state index contributed by atoms with van der Waals surface area (Å²) in [5.41, 5.74) is 10.1. The summed E-state index contributed by atoms with van der Waals surface area (Å²) in [6.07, 6.45) is 14.0. The van der Waals surface area contributed by atoms with Crippen LogP contribution in [-0.2, 0) is 19.3 Å². The van der Waals surface area contributed by atoms with Gasteiger partial charge in [0.1, 0.15) is 0 Å².